The highest BCUT2D eigenvalue weighted by Gasteiger charge is 2.33. The Hall–Kier alpha value is -1.63. The van der Waals surface area contributed by atoms with Crippen molar-refractivity contribution in [2.24, 2.45) is 5.10 Å². The molecular weight excluding hydrogens is 198 g/mol. The third-order valence-electron chi connectivity index (χ3n) is 1.95. The van der Waals surface area contributed by atoms with Gasteiger partial charge in [0.2, 0.25) is 0 Å². The molecule has 0 aromatic carbocycles. The molecule has 1 aliphatic heterocycles. The highest BCUT2D eigenvalue weighted by molar-refractivity contribution is 6.06. The van der Waals surface area contributed by atoms with Crippen LogP contribution < -0.4 is 5.43 Å². The molecular formula is C8H15N5O2. The smallest absolute Gasteiger partial charge is 0.303 e. The molecule has 1 rings (SSSR count). The number of nitrogens with zero attached hydrogens (tertiary/aromatic N) is 4. The minimum atomic E-state index is -0.597. The summed E-state index contributed by atoms with van der Waals surface area (Å²) in [6.07, 6.45) is 1.46. The Morgan fingerprint density at radius 1 is 1.40 bits per heavy atom. The first-order valence-electron chi connectivity index (χ1n) is 4.46. The fourth-order valence-electron chi connectivity index (χ4n) is 1.14. The lowest BCUT2D eigenvalue weighted by Gasteiger charge is -2.33. The zero-order valence-electron chi connectivity index (χ0n) is 9.26. The van der Waals surface area contributed by atoms with Crippen molar-refractivity contribution in [3.63, 3.8) is 0 Å². The summed E-state index contributed by atoms with van der Waals surface area (Å²) in [5.41, 5.74) is 2.72. The normalized spacial score (nSPS) is 22.8. The number of urea groups is 1. The Morgan fingerprint density at radius 3 is 2.53 bits per heavy atom. The van der Waals surface area contributed by atoms with Gasteiger partial charge in [0, 0.05) is 28.2 Å². The molecule has 0 aliphatic carbocycles. The number of likely N-dealkylation sites (N-methyl/N-ethyl adjacent to an activating group) is 1. The van der Waals surface area contributed by atoms with Gasteiger partial charge in [-0.2, -0.15) is 5.10 Å². The molecule has 1 N–H and O–H groups in total. The van der Waals surface area contributed by atoms with Gasteiger partial charge < -0.3 is 5.01 Å². The van der Waals surface area contributed by atoms with Gasteiger partial charge in [-0.1, -0.05) is 0 Å². The third kappa shape index (κ3) is 2.44. The van der Waals surface area contributed by atoms with E-state index in [1.54, 1.807) is 26.2 Å². The Morgan fingerprint density at radius 2 is 2.00 bits per heavy atom. The highest BCUT2D eigenvalue weighted by Crippen LogP contribution is 2.03. The third-order valence-corrected chi connectivity index (χ3v) is 1.95. The van der Waals surface area contributed by atoms with Gasteiger partial charge in [-0.05, 0) is 0 Å². The average molecular weight is 213 g/mol. The number of imide groups is 1. The van der Waals surface area contributed by atoms with E-state index < -0.39 is 6.04 Å². The lowest BCUT2D eigenvalue weighted by atomic mass is 10.3. The molecule has 0 spiro atoms. The van der Waals surface area contributed by atoms with Gasteiger partial charge in [0.1, 0.15) is 6.04 Å². The maximum atomic E-state index is 11.6. The fourth-order valence-corrected chi connectivity index (χ4v) is 1.14. The van der Waals surface area contributed by atoms with E-state index in [2.05, 4.69) is 10.5 Å². The molecule has 0 aromatic rings. The van der Waals surface area contributed by atoms with Crippen LogP contribution in [0.15, 0.2) is 5.10 Å². The number of rotatable bonds is 2. The number of amides is 3. The first-order valence-corrected chi connectivity index (χ1v) is 4.46. The summed E-state index contributed by atoms with van der Waals surface area (Å²) in [4.78, 5) is 24.0. The Kier molecular flexibility index (Phi) is 3.25. The topological polar surface area (TPSA) is 68.2 Å². The van der Waals surface area contributed by atoms with Crippen LogP contribution in [0.5, 0.6) is 0 Å². The van der Waals surface area contributed by atoms with Crippen LogP contribution in [-0.4, -0.2) is 67.3 Å². The highest BCUT2D eigenvalue weighted by atomic mass is 16.2. The minimum Gasteiger partial charge on any atom is -0.303 e. The summed E-state index contributed by atoms with van der Waals surface area (Å²) < 4.78 is 0. The fraction of sp³-hybridized carbons (Fsp3) is 0.625. The summed E-state index contributed by atoms with van der Waals surface area (Å²) in [5.74, 6) is -0.316. The summed E-state index contributed by atoms with van der Waals surface area (Å²) in [6.45, 7) is 0. The van der Waals surface area contributed by atoms with Crippen LogP contribution in [0.2, 0.25) is 0 Å². The second kappa shape index (κ2) is 4.26. The van der Waals surface area contributed by atoms with Crippen LogP contribution in [0.1, 0.15) is 0 Å². The van der Waals surface area contributed by atoms with Gasteiger partial charge in [-0.15, -0.1) is 0 Å². The van der Waals surface area contributed by atoms with E-state index in [1.165, 1.54) is 18.3 Å². The van der Waals surface area contributed by atoms with Crippen molar-refractivity contribution in [1.82, 2.24) is 20.3 Å². The molecule has 7 heteroatoms. The van der Waals surface area contributed by atoms with E-state index >= 15 is 0 Å². The molecule has 0 radical (unpaired) electrons. The Balaban J connectivity index is 2.75. The van der Waals surface area contributed by atoms with Crippen LogP contribution >= 0.6 is 0 Å². The molecule has 1 atom stereocenters. The number of hydrazone groups is 1. The van der Waals surface area contributed by atoms with Crippen LogP contribution in [0.4, 0.5) is 4.79 Å². The number of hydrogen-bond acceptors (Lipinski definition) is 5. The van der Waals surface area contributed by atoms with E-state index in [4.69, 9.17) is 0 Å². The lowest BCUT2D eigenvalue weighted by molar-refractivity contribution is -0.131. The maximum Gasteiger partial charge on any atom is 0.340 e. The molecule has 0 aromatic heterocycles. The molecule has 0 saturated carbocycles. The van der Waals surface area contributed by atoms with Gasteiger partial charge in [0.15, 0.2) is 0 Å². The molecule has 1 heterocycles. The van der Waals surface area contributed by atoms with Crippen molar-refractivity contribution in [2.45, 2.75) is 6.04 Å². The number of hydrogen-bond donors (Lipinski definition) is 1. The Bertz CT molecular complexity index is 301. The predicted molar refractivity (Wildman–Crippen MR) is 55.0 cm³/mol. The van der Waals surface area contributed by atoms with Gasteiger partial charge >= 0.3 is 6.03 Å². The van der Waals surface area contributed by atoms with Gasteiger partial charge in [0.25, 0.3) is 5.91 Å². The van der Waals surface area contributed by atoms with Crippen LogP contribution in [0, 0.1) is 0 Å². The molecule has 84 valence electrons. The summed E-state index contributed by atoms with van der Waals surface area (Å²) in [7, 11) is 6.51. The quantitative estimate of drug-likeness (QED) is 0.468. The number of carbonyl (C=O) groups excluding carboxylic acids is 2. The SMILES string of the molecule is CN(C)N=CC1NN(C)C(=O)N(C)C1=O. The first-order chi connectivity index (χ1) is 6.93. The molecule has 1 saturated heterocycles. The maximum absolute atomic E-state index is 11.6. The molecule has 1 aliphatic rings. The zero-order chi connectivity index (χ0) is 11.6. The lowest BCUT2D eigenvalue weighted by Crippen LogP contribution is -2.63. The summed E-state index contributed by atoms with van der Waals surface area (Å²) in [6, 6.07) is -0.977. The molecule has 1 unspecified atom stereocenters. The number of hydrazine groups is 1. The summed E-state index contributed by atoms with van der Waals surface area (Å²) in [5, 5.41) is 6.79. The second-order valence-corrected chi connectivity index (χ2v) is 3.46. The number of carbonyl (C=O) groups is 2. The van der Waals surface area contributed by atoms with Gasteiger partial charge in [-0.3, -0.25) is 14.7 Å². The van der Waals surface area contributed by atoms with E-state index in [9.17, 15) is 9.59 Å². The molecule has 1 fully saturated rings. The number of nitrogens with one attached hydrogen (secondary N) is 1. The van der Waals surface area contributed by atoms with E-state index in [0.29, 0.717) is 0 Å². The van der Waals surface area contributed by atoms with Crippen molar-refractivity contribution in [3.05, 3.63) is 0 Å². The first kappa shape index (κ1) is 11.4. The van der Waals surface area contributed by atoms with E-state index in [-0.39, 0.29) is 11.9 Å². The van der Waals surface area contributed by atoms with Crippen molar-refractivity contribution in [1.29, 1.82) is 0 Å². The van der Waals surface area contributed by atoms with Gasteiger partial charge in [0.05, 0.1) is 6.21 Å². The summed E-state index contributed by atoms with van der Waals surface area (Å²) >= 11 is 0. The van der Waals surface area contributed by atoms with Crippen molar-refractivity contribution in [2.75, 3.05) is 28.2 Å². The van der Waals surface area contributed by atoms with Crippen molar-refractivity contribution >= 4 is 18.2 Å². The molecule has 15 heavy (non-hydrogen) atoms. The van der Waals surface area contributed by atoms with Crippen LogP contribution in [-0.2, 0) is 4.79 Å². The van der Waals surface area contributed by atoms with Crippen LogP contribution in [0.3, 0.4) is 0 Å². The van der Waals surface area contributed by atoms with Crippen molar-refractivity contribution in [3.8, 4) is 0 Å². The van der Waals surface area contributed by atoms with Crippen LogP contribution in [0.25, 0.3) is 0 Å². The standard InChI is InChI=1S/C8H15N5O2/c1-11(2)9-5-6-7(14)12(3)8(15)13(4)10-6/h5-6,10H,1-4H3. The van der Waals surface area contributed by atoms with Gasteiger partial charge in [-0.25, -0.2) is 10.2 Å². The van der Waals surface area contributed by atoms with E-state index in [0.717, 1.165) is 4.90 Å². The zero-order valence-corrected chi connectivity index (χ0v) is 9.26. The second-order valence-electron chi connectivity index (χ2n) is 3.46. The minimum absolute atomic E-state index is 0.316. The van der Waals surface area contributed by atoms with Crippen molar-refractivity contribution < 1.29 is 9.59 Å². The monoisotopic (exact) mass is 213 g/mol. The molecule has 3 amide bonds. The largest absolute Gasteiger partial charge is 0.340 e. The Labute approximate surface area is 88.3 Å². The van der Waals surface area contributed by atoms with E-state index in [1.807, 2.05) is 0 Å². The molecule has 7 nitrogen and oxygen atoms in total. The average Bonchev–Trinajstić information content (AvgIpc) is 2.18. The predicted octanol–water partition coefficient (Wildman–Crippen LogP) is -1.07. The molecule has 0 bridgehead atoms.